The van der Waals surface area contributed by atoms with Crippen molar-refractivity contribution in [1.82, 2.24) is 15.1 Å². The molecular formula is C15H32N4O. The Labute approximate surface area is 123 Å². The van der Waals surface area contributed by atoms with Gasteiger partial charge in [-0.15, -0.1) is 0 Å². The smallest absolute Gasteiger partial charge is 0.224 e. The van der Waals surface area contributed by atoms with Gasteiger partial charge in [-0.1, -0.05) is 13.3 Å². The molecule has 0 aromatic rings. The lowest BCUT2D eigenvalue weighted by Gasteiger charge is -2.43. The Kier molecular flexibility index (Phi) is 6.92. The van der Waals surface area contributed by atoms with Gasteiger partial charge in [0.15, 0.2) is 0 Å². The van der Waals surface area contributed by atoms with Crippen molar-refractivity contribution in [2.75, 3.05) is 46.3 Å². The van der Waals surface area contributed by atoms with E-state index >= 15 is 0 Å². The molecule has 3 N–H and O–H groups in total. The number of hydrogen-bond acceptors (Lipinski definition) is 4. The Morgan fingerprint density at radius 3 is 2.40 bits per heavy atom. The average Bonchev–Trinajstić information content (AvgIpc) is 2.42. The first kappa shape index (κ1) is 17.4. The van der Waals surface area contributed by atoms with Crippen LogP contribution in [-0.4, -0.2) is 67.6 Å². The van der Waals surface area contributed by atoms with Gasteiger partial charge in [0.25, 0.3) is 0 Å². The van der Waals surface area contributed by atoms with E-state index in [1.807, 2.05) is 0 Å². The lowest BCUT2D eigenvalue weighted by Crippen LogP contribution is -2.58. The molecule has 1 aliphatic rings. The molecule has 0 aliphatic carbocycles. The first-order valence-electron chi connectivity index (χ1n) is 7.82. The Morgan fingerprint density at radius 2 is 1.90 bits per heavy atom. The molecule has 5 nitrogen and oxygen atoms in total. The van der Waals surface area contributed by atoms with Crippen molar-refractivity contribution in [1.29, 1.82) is 0 Å². The second kappa shape index (κ2) is 7.96. The predicted molar refractivity (Wildman–Crippen MR) is 83.6 cm³/mol. The van der Waals surface area contributed by atoms with Gasteiger partial charge in [-0.05, 0) is 27.3 Å². The molecule has 1 aliphatic heterocycles. The second-order valence-electron chi connectivity index (χ2n) is 6.54. The summed E-state index contributed by atoms with van der Waals surface area (Å²) in [7, 11) is 2.16. The molecule has 0 radical (unpaired) electrons. The highest BCUT2D eigenvalue weighted by atomic mass is 16.1. The van der Waals surface area contributed by atoms with E-state index in [1.54, 1.807) is 0 Å². The molecule has 0 aromatic carbocycles. The van der Waals surface area contributed by atoms with Crippen molar-refractivity contribution >= 4 is 5.91 Å². The summed E-state index contributed by atoms with van der Waals surface area (Å²) in [6.07, 6.45) is 1.87. The number of nitrogens with one attached hydrogen (secondary N) is 1. The fraction of sp³-hybridized carbons (Fsp3) is 0.933. The highest BCUT2D eigenvalue weighted by Gasteiger charge is 2.30. The van der Waals surface area contributed by atoms with E-state index in [9.17, 15) is 4.79 Å². The lowest BCUT2D eigenvalue weighted by atomic mass is 9.99. The molecule has 1 amide bonds. The van der Waals surface area contributed by atoms with Gasteiger partial charge in [-0.2, -0.15) is 0 Å². The van der Waals surface area contributed by atoms with Crippen LogP contribution in [0.5, 0.6) is 0 Å². The van der Waals surface area contributed by atoms with Crippen LogP contribution in [0.1, 0.15) is 33.6 Å². The van der Waals surface area contributed by atoms with E-state index in [0.717, 1.165) is 39.0 Å². The summed E-state index contributed by atoms with van der Waals surface area (Å²) in [4.78, 5) is 16.9. The maximum absolute atomic E-state index is 12.1. The van der Waals surface area contributed by atoms with Gasteiger partial charge in [-0.25, -0.2) is 0 Å². The van der Waals surface area contributed by atoms with Gasteiger partial charge < -0.3 is 16.0 Å². The van der Waals surface area contributed by atoms with Gasteiger partial charge in [-0.3, -0.25) is 9.69 Å². The molecule has 0 aromatic heterocycles. The van der Waals surface area contributed by atoms with Crippen molar-refractivity contribution < 1.29 is 4.79 Å². The van der Waals surface area contributed by atoms with Crippen LogP contribution in [0.3, 0.4) is 0 Å². The number of carbonyl (C=O) groups is 1. The van der Waals surface area contributed by atoms with Crippen LogP contribution in [0, 0.1) is 5.92 Å². The molecule has 1 heterocycles. The third kappa shape index (κ3) is 5.04. The zero-order valence-corrected chi connectivity index (χ0v) is 13.6. The monoisotopic (exact) mass is 284 g/mol. The largest absolute Gasteiger partial charge is 0.354 e. The maximum atomic E-state index is 12.1. The average molecular weight is 284 g/mol. The number of rotatable bonds is 7. The fourth-order valence-electron chi connectivity index (χ4n) is 2.68. The Bertz CT molecular complexity index is 298. The molecule has 1 fully saturated rings. The van der Waals surface area contributed by atoms with Crippen molar-refractivity contribution in [3.8, 4) is 0 Å². The van der Waals surface area contributed by atoms with Crippen LogP contribution in [0.4, 0.5) is 0 Å². The highest BCUT2D eigenvalue weighted by molar-refractivity contribution is 5.78. The normalized spacial score (nSPS) is 19.9. The first-order valence-corrected chi connectivity index (χ1v) is 7.82. The zero-order valence-electron chi connectivity index (χ0n) is 13.6. The first-order chi connectivity index (χ1) is 9.40. The van der Waals surface area contributed by atoms with E-state index in [0.29, 0.717) is 13.1 Å². The third-order valence-corrected chi connectivity index (χ3v) is 4.35. The molecule has 1 atom stereocenters. The predicted octanol–water partition coefficient (Wildman–Crippen LogP) is 0.504. The van der Waals surface area contributed by atoms with Crippen LogP contribution in [0.25, 0.3) is 0 Å². The van der Waals surface area contributed by atoms with Crippen molar-refractivity contribution in [2.24, 2.45) is 11.7 Å². The van der Waals surface area contributed by atoms with Crippen LogP contribution >= 0.6 is 0 Å². The Hall–Kier alpha value is -0.650. The molecule has 5 heteroatoms. The van der Waals surface area contributed by atoms with Crippen LogP contribution in [0.15, 0.2) is 0 Å². The van der Waals surface area contributed by atoms with Gasteiger partial charge in [0.05, 0.1) is 5.92 Å². The maximum Gasteiger partial charge on any atom is 0.224 e. The SMILES string of the molecule is CCCC(CN)C(=O)NCC(C)(C)N1CCN(C)CC1. The van der Waals surface area contributed by atoms with E-state index in [4.69, 9.17) is 5.73 Å². The number of carbonyl (C=O) groups excluding carboxylic acids is 1. The molecule has 1 saturated heterocycles. The van der Waals surface area contributed by atoms with Crippen molar-refractivity contribution in [2.45, 2.75) is 39.2 Å². The van der Waals surface area contributed by atoms with Crippen molar-refractivity contribution in [3.63, 3.8) is 0 Å². The molecule has 0 bridgehead atoms. The number of nitrogens with zero attached hydrogens (tertiary/aromatic N) is 2. The minimum Gasteiger partial charge on any atom is -0.354 e. The fourth-order valence-corrected chi connectivity index (χ4v) is 2.68. The molecule has 0 saturated carbocycles. The summed E-state index contributed by atoms with van der Waals surface area (Å²) in [6.45, 7) is 11.9. The number of hydrogen-bond donors (Lipinski definition) is 2. The van der Waals surface area contributed by atoms with Gasteiger partial charge in [0.2, 0.25) is 5.91 Å². The van der Waals surface area contributed by atoms with Gasteiger partial charge in [0, 0.05) is 44.8 Å². The number of likely N-dealkylation sites (N-methyl/N-ethyl adjacent to an activating group) is 1. The second-order valence-corrected chi connectivity index (χ2v) is 6.54. The zero-order chi connectivity index (χ0) is 15.2. The molecular weight excluding hydrogens is 252 g/mol. The number of amides is 1. The van der Waals surface area contributed by atoms with E-state index in [2.05, 4.69) is 42.9 Å². The molecule has 20 heavy (non-hydrogen) atoms. The summed E-state index contributed by atoms with van der Waals surface area (Å²) in [5.41, 5.74) is 5.68. The molecule has 1 unspecified atom stereocenters. The minimum absolute atomic E-state index is 0.00227. The van der Waals surface area contributed by atoms with E-state index in [-0.39, 0.29) is 17.4 Å². The number of piperazine rings is 1. The van der Waals surface area contributed by atoms with Crippen LogP contribution in [-0.2, 0) is 4.79 Å². The molecule has 1 rings (SSSR count). The van der Waals surface area contributed by atoms with E-state index < -0.39 is 0 Å². The summed E-state index contributed by atoms with van der Waals surface area (Å²) in [5, 5.41) is 3.09. The summed E-state index contributed by atoms with van der Waals surface area (Å²) in [5.74, 6) is 0.0693. The highest BCUT2D eigenvalue weighted by Crippen LogP contribution is 2.16. The standard InChI is InChI=1S/C15H32N4O/c1-5-6-13(11-16)14(20)17-12-15(2,3)19-9-7-18(4)8-10-19/h13H,5-12,16H2,1-4H3,(H,17,20). The van der Waals surface area contributed by atoms with Crippen LogP contribution < -0.4 is 11.1 Å². The molecule has 0 spiro atoms. The summed E-state index contributed by atoms with van der Waals surface area (Å²) in [6, 6.07) is 0. The van der Waals surface area contributed by atoms with Gasteiger partial charge >= 0.3 is 0 Å². The third-order valence-electron chi connectivity index (χ3n) is 4.35. The van der Waals surface area contributed by atoms with Crippen LogP contribution in [0.2, 0.25) is 0 Å². The molecule has 118 valence electrons. The quantitative estimate of drug-likeness (QED) is 0.715. The Morgan fingerprint density at radius 1 is 1.30 bits per heavy atom. The topological polar surface area (TPSA) is 61.6 Å². The number of nitrogens with two attached hydrogens (primary N) is 1. The summed E-state index contributed by atoms with van der Waals surface area (Å²) < 4.78 is 0. The minimum atomic E-state index is -0.0386. The lowest BCUT2D eigenvalue weighted by molar-refractivity contribution is -0.125. The Balaban J connectivity index is 2.43. The van der Waals surface area contributed by atoms with E-state index in [1.165, 1.54) is 0 Å². The van der Waals surface area contributed by atoms with Crippen molar-refractivity contribution in [3.05, 3.63) is 0 Å². The van der Waals surface area contributed by atoms with Gasteiger partial charge in [0.1, 0.15) is 0 Å². The summed E-state index contributed by atoms with van der Waals surface area (Å²) >= 11 is 0.